The van der Waals surface area contributed by atoms with Crippen LogP contribution in [0.1, 0.15) is 71.6 Å². The number of hydrogen-bond acceptors (Lipinski definition) is 2. The molecular weight excluding hydrogens is 248 g/mol. The van der Waals surface area contributed by atoms with Crippen LogP contribution < -0.4 is 0 Å². The predicted molar refractivity (Wildman–Crippen MR) is 81.6 cm³/mol. The van der Waals surface area contributed by atoms with Crippen molar-refractivity contribution in [3.8, 4) is 0 Å². The van der Waals surface area contributed by atoms with Gasteiger partial charge in [-0.1, -0.05) is 44.8 Å². The zero-order chi connectivity index (χ0) is 14.2. The lowest BCUT2D eigenvalue weighted by atomic mass is 9.68. The van der Waals surface area contributed by atoms with Gasteiger partial charge in [0.15, 0.2) is 0 Å². The minimum absolute atomic E-state index is 0.175. The Bertz CT molecular complexity index is 371. The molecule has 1 saturated heterocycles. The van der Waals surface area contributed by atoms with Gasteiger partial charge in [0.2, 0.25) is 0 Å². The molecule has 0 aromatic carbocycles. The van der Waals surface area contributed by atoms with Gasteiger partial charge in [0, 0.05) is 6.61 Å². The first-order valence-corrected chi connectivity index (χ1v) is 8.51. The zero-order valence-corrected chi connectivity index (χ0v) is 13.2. The van der Waals surface area contributed by atoms with Crippen LogP contribution in [-0.2, 0) is 4.74 Å². The van der Waals surface area contributed by atoms with Gasteiger partial charge in [0.05, 0.1) is 11.7 Å². The van der Waals surface area contributed by atoms with Crippen LogP contribution >= 0.6 is 0 Å². The SMILES string of the molecule is CC1(C)CC(C2CCOC3(CCCCC3)C2)=CC(O)C1. The summed E-state index contributed by atoms with van der Waals surface area (Å²) in [6.45, 7) is 5.50. The van der Waals surface area contributed by atoms with Crippen LogP contribution in [0.25, 0.3) is 0 Å². The molecule has 3 aliphatic rings. The lowest BCUT2D eigenvalue weighted by molar-refractivity contribution is -0.113. The summed E-state index contributed by atoms with van der Waals surface area (Å²) in [6.07, 6.45) is 12.9. The largest absolute Gasteiger partial charge is 0.389 e. The Balaban J connectivity index is 1.73. The first-order valence-electron chi connectivity index (χ1n) is 8.51. The zero-order valence-electron chi connectivity index (χ0n) is 13.2. The van der Waals surface area contributed by atoms with Crippen molar-refractivity contribution >= 4 is 0 Å². The summed E-state index contributed by atoms with van der Waals surface area (Å²) in [5.74, 6) is 0.649. The van der Waals surface area contributed by atoms with Crippen LogP contribution in [0.3, 0.4) is 0 Å². The molecule has 2 heteroatoms. The Labute approximate surface area is 123 Å². The Kier molecular flexibility index (Phi) is 3.98. The van der Waals surface area contributed by atoms with E-state index in [-0.39, 0.29) is 17.1 Å². The van der Waals surface area contributed by atoms with E-state index >= 15 is 0 Å². The fraction of sp³-hybridized carbons (Fsp3) is 0.889. The van der Waals surface area contributed by atoms with E-state index in [1.807, 2.05) is 0 Å². The summed E-state index contributed by atoms with van der Waals surface area (Å²) in [6, 6.07) is 0. The van der Waals surface area contributed by atoms with E-state index in [2.05, 4.69) is 19.9 Å². The number of allylic oxidation sites excluding steroid dienone is 1. The molecule has 1 spiro atoms. The molecule has 1 heterocycles. The van der Waals surface area contributed by atoms with Crippen molar-refractivity contribution in [1.82, 2.24) is 0 Å². The molecule has 2 atom stereocenters. The third kappa shape index (κ3) is 3.12. The van der Waals surface area contributed by atoms with E-state index in [0.29, 0.717) is 5.92 Å². The molecule has 0 aromatic rings. The molecule has 1 N–H and O–H groups in total. The van der Waals surface area contributed by atoms with Crippen molar-refractivity contribution in [3.05, 3.63) is 11.6 Å². The minimum atomic E-state index is -0.237. The first-order chi connectivity index (χ1) is 9.48. The second-order valence-electron chi connectivity index (χ2n) is 8.14. The Hall–Kier alpha value is -0.340. The summed E-state index contributed by atoms with van der Waals surface area (Å²) in [7, 11) is 0. The highest BCUT2D eigenvalue weighted by Crippen LogP contribution is 2.46. The van der Waals surface area contributed by atoms with Crippen molar-refractivity contribution < 1.29 is 9.84 Å². The molecule has 0 bridgehead atoms. The summed E-state index contributed by atoms with van der Waals surface area (Å²) in [5.41, 5.74) is 1.94. The van der Waals surface area contributed by atoms with Gasteiger partial charge in [-0.15, -0.1) is 0 Å². The lowest BCUT2D eigenvalue weighted by Crippen LogP contribution is -2.42. The predicted octanol–water partition coefficient (Wildman–Crippen LogP) is 4.22. The van der Waals surface area contributed by atoms with Gasteiger partial charge in [-0.3, -0.25) is 0 Å². The van der Waals surface area contributed by atoms with Crippen LogP contribution in [0.2, 0.25) is 0 Å². The van der Waals surface area contributed by atoms with E-state index in [1.54, 1.807) is 0 Å². The van der Waals surface area contributed by atoms with Gasteiger partial charge < -0.3 is 9.84 Å². The molecule has 114 valence electrons. The van der Waals surface area contributed by atoms with Crippen LogP contribution in [0, 0.1) is 11.3 Å². The van der Waals surface area contributed by atoms with Crippen LogP contribution in [0.4, 0.5) is 0 Å². The number of hydrogen-bond donors (Lipinski definition) is 1. The third-order valence-electron chi connectivity index (χ3n) is 5.63. The molecule has 2 unspecified atom stereocenters. The highest BCUT2D eigenvalue weighted by molar-refractivity contribution is 5.17. The highest BCUT2D eigenvalue weighted by Gasteiger charge is 2.41. The molecule has 0 amide bonds. The first kappa shape index (κ1) is 14.6. The molecule has 2 aliphatic carbocycles. The smallest absolute Gasteiger partial charge is 0.0728 e. The number of rotatable bonds is 1. The van der Waals surface area contributed by atoms with E-state index in [9.17, 15) is 5.11 Å². The second-order valence-corrected chi connectivity index (χ2v) is 8.14. The summed E-state index contributed by atoms with van der Waals surface area (Å²) in [5, 5.41) is 10.1. The van der Waals surface area contributed by atoms with Crippen LogP contribution in [0.5, 0.6) is 0 Å². The third-order valence-corrected chi connectivity index (χ3v) is 5.63. The molecule has 1 aliphatic heterocycles. The minimum Gasteiger partial charge on any atom is -0.389 e. The van der Waals surface area contributed by atoms with Gasteiger partial charge >= 0.3 is 0 Å². The highest BCUT2D eigenvalue weighted by atomic mass is 16.5. The van der Waals surface area contributed by atoms with E-state index in [4.69, 9.17) is 4.74 Å². The topological polar surface area (TPSA) is 29.5 Å². The average molecular weight is 278 g/mol. The van der Waals surface area contributed by atoms with Crippen molar-refractivity contribution in [2.24, 2.45) is 11.3 Å². The summed E-state index contributed by atoms with van der Waals surface area (Å²) >= 11 is 0. The molecule has 0 aromatic heterocycles. The molecule has 0 radical (unpaired) electrons. The van der Waals surface area contributed by atoms with Crippen LogP contribution in [0.15, 0.2) is 11.6 Å². The van der Waals surface area contributed by atoms with Crippen molar-refractivity contribution in [1.29, 1.82) is 0 Å². The van der Waals surface area contributed by atoms with E-state index in [1.165, 1.54) is 44.1 Å². The maximum Gasteiger partial charge on any atom is 0.0728 e. The lowest BCUT2D eigenvalue weighted by Gasteiger charge is -2.46. The Morgan fingerprint density at radius 3 is 2.60 bits per heavy atom. The normalized spacial score (nSPS) is 36.6. The van der Waals surface area contributed by atoms with E-state index in [0.717, 1.165) is 25.9 Å². The van der Waals surface area contributed by atoms with Gasteiger partial charge in [-0.05, 0) is 49.9 Å². The average Bonchev–Trinajstić information content (AvgIpc) is 2.37. The maximum atomic E-state index is 10.1. The molecular formula is C18H30O2. The fourth-order valence-electron chi connectivity index (χ4n) is 4.73. The quantitative estimate of drug-likeness (QED) is 0.728. The molecule has 20 heavy (non-hydrogen) atoms. The number of aliphatic hydroxyl groups is 1. The van der Waals surface area contributed by atoms with Crippen molar-refractivity contribution in [2.45, 2.75) is 83.3 Å². The summed E-state index contributed by atoms with van der Waals surface area (Å²) in [4.78, 5) is 0. The van der Waals surface area contributed by atoms with Gasteiger partial charge in [0.1, 0.15) is 0 Å². The molecule has 2 fully saturated rings. The van der Waals surface area contributed by atoms with Crippen LogP contribution in [-0.4, -0.2) is 23.4 Å². The van der Waals surface area contributed by atoms with Crippen molar-refractivity contribution in [3.63, 3.8) is 0 Å². The van der Waals surface area contributed by atoms with Gasteiger partial charge in [-0.25, -0.2) is 0 Å². The van der Waals surface area contributed by atoms with Gasteiger partial charge in [0.25, 0.3) is 0 Å². The number of ether oxygens (including phenoxy) is 1. The van der Waals surface area contributed by atoms with Crippen molar-refractivity contribution in [2.75, 3.05) is 6.61 Å². The monoisotopic (exact) mass is 278 g/mol. The fourth-order valence-corrected chi connectivity index (χ4v) is 4.73. The van der Waals surface area contributed by atoms with Gasteiger partial charge in [-0.2, -0.15) is 0 Å². The second kappa shape index (κ2) is 5.46. The maximum absolute atomic E-state index is 10.1. The Morgan fingerprint density at radius 1 is 1.15 bits per heavy atom. The van der Waals surface area contributed by atoms with E-state index < -0.39 is 0 Å². The Morgan fingerprint density at radius 2 is 1.90 bits per heavy atom. The standard InChI is InChI=1S/C18H30O2/c1-17(2)11-15(10-16(19)13-17)14-6-9-20-18(12-14)7-4-3-5-8-18/h10,14,16,19H,3-9,11-13H2,1-2H3. The number of aliphatic hydroxyl groups excluding tert-OH is 1. The molecule has 1 saturated carbocycles. The molecule has 3 rings (SSSR count). The summed E-state index contributed by atoms with van der Waals surface area (Å²) < 4.78 is 6.22. The molecule has 2 nitrogen and oxygen atoms in total.